The summed E-state index contributed by atoms with van der Waals surface area (Å²) in [6, 6.07) is 15.1. The molecule has 1 aliphatic rings. The normalized spacial score (nSPS) is 15.2. The summed E-state index contributed by atoms with van der Waals surface area (Å²) in [5, 5.41) is 13.3. The van der Waals surface area contributed by atoms with E-state index in [-0.39, 0.29) is 11.5 Å². The molecule has 0 spiro atoms. The summed E-state index contributed by atoms with van der Waals surface area (Å²) >= 11 is 6.03. The molecule has 1 aromatic heterocycles. The molecule has 0 bridgehead atoms. The van der Waals surface area contributed by atoms with Gasteiger partial charge in [0.2, 0.25) is 5.79 Å². The number of anilines is 1. The molecule has 6 nitrogen and oxygen atoms in total. The molecule has 0 saturated carbocycles. The van der Waals surface area contributed by atoms with Crippen molar-refractivity contribution in [2.75, 3.05) is 25.6 Å². The van der Waals surface area contributed by atoms with Gasteiger partial charge in [-0.2, -0.15) is 0 Å². The Bertz CT molecular complexity index is 1050. The van der Waals surface area contributed by atoms with Gasteiger partial charge < -0.3 is 19.9 Å². The minimum atomic E-state index is -1.17. The molecular formula is C22H19ClN2O4. The van der Waals surface area contributed by atoms with Gasteiger partial charge in [-0.25, -0.2) is 4.98 Å². The fourth-order valence-electron chi connectivity index (χ4n) is 3.40. The first-order valence-electron chi connectivity index (χ1n) is 9.09. The van der Waals surface area contributed by atoms with E-state index in [1.54, 1.807) is 43.6 Å². The molecule has 1 aliphatic heterocycles. The lowest BCUT2D eigenvalue weighted by molar-refractivity contribution is -0.130. The third-order valence-corrected chi connectivity index (χ3v) is 5.03. The molecule has 2 aromatic carbocycles. The molecule has 7 heteroatoms. The molecule has 29 heavy (non-hydrogen) atoms. The highest BCUT2D eigenvalue weighted by Gasteiger charge is 2.41. The van der Waals surface area contributed by atoms with Crippen molar-refractivity contribution in [3.8, 4) is 5.75 Å². The van der Waals surface area contributed by atoms with Crippen molar-refractivity contribution in [3.05, 3.63) is 88.1 Å². The number of rotatable bonds is 5. The van der Waals surface area contributed by atoms with Crippen molar-refractivity contribution < 1.29 is 19.4 Å². The van der Waals surface area contributed by atoms with Crippen LogP contribution in [0.2, 0.25) is 5.02 Å². The number of nitrogens with one attached hydrogen (secondary N) is 1. The molecular weight excluding hydrogens is 392 g/mol. The maximum atomic E-state index is 13.1. The Balaban J connectivity index is 1.83. The summed E-state index contributed by atoms with van der Waals surface area (Å²) in [7, 11) is 1.69. The monoisotopic (exact) mass is 410 g/mol. The van der Waals surface area contributed by atoms with Gasteiger partial charge in [0.05, 0.1) is 18.8 Å². The van der Waals surface area contributed by atoms with Crippen LogP contribution in [0.5, 0.6) is 5.75 Å². The Hall–Kier alpha value is -2.93. The largest absolute Gasteiger partial charge is 0.508 e. The zero-order valence-electron chi connectivity index (χ0n) is 15.7. The Kier molecular flexibility index (Phi) is 5.24. The van der Waals surface area contributed by atoms with Gasteiger partial charge in [0.25, 0.3) is 0 Å². The third kappa shape index (κ3) is 3.58. The molecule has 1 saturated heterocycles. The second-order valence-electron chi connectivity index (χ2n) is 6.57. The van der Waals surface area contributed by atoms with Crippen LogP contribution >= 0.6 is 11.6 Å². The van der Waals surface area contributed by atoms with Crippen LogP contribution in [-0.2, 0) is 15.3 Å². The predicted octanol–water partition coefficient (Wildman–Crippen LogP) is 3.96. The predicted molar refractivity (Wildman–Crippen MR) is 109 cm³/mol. The zero-order valence-corrected chi connectivity index (χ0v) is 16.4. The summed E-state index contributed by atoms with van der Waals surface area (Å²) in [5.74, 6) is -1.00. The smallest absolute Gasteiger partial charge is 0.224 e. The van der Waals surface area contributed by atoms with Crippen LogP contribution in [0.3, 0.4) is 0 Å². The second kappa shape index (κ2) is 7.83. The number of halogens is 1. The number of carbonyl (C=O) groups is 1. The molecule has 4 rings (SSSR count). The number of aromatic nitrogens is 1. The van der Waals surface area contributed by atoms with Gasteiger partial charge >= 0.3 is 0 Å². The molecule has 0 amide bonds. The van der Waals surface area contributed by atoms with Crippen molar-refractivity contribution in [1.29, 1.82) is 0 Å². The molecule has 0 atom stereocenters. The van der Waals surface area contributed by atoms with E-state index in [1.807, 2.05) is 12.1 Å². The third-order valence-electron chi connectivity index (χ3n) is 4.78. The number of aromatic hydroxyl groups is 1. The average Bonchev–Trinajstić information content (AvgIpc) is 3.24. The number of benzene rings is 2. The van der Waals surface area contributed by atoms with Gasteiger partial charge in [0.15, 0.2) is 5.78 Å². The van der Waals surface area contributed by atoms with Crippen LogP contribution in [0.25, 0.3) is 0 Å². The van der Waals surface area contributed by atoms with E-state index in [2.05, 4.69) is 10.3 Å². The van der Waals surface area contributed by atoms with Gasteiger partial charge in [-0.05, 0) is 30.3 Å². The standard InChI is InChI=1S/C22H19ClN2O4/c1-24-21-19(20(27)14-3-2-4-18(26)11-14)12-16(13-25-21)22(28-9-10-29-22)15-5-7-17(23)8-6-15/h2-8,11-13,26H,9-10H2,1H3,(H,24,25). The Morgan fingerprint density at radius 3 is 2.48 bits per heavy atom. The summed E-state index contributed by atoms with van der Waals surface area (Å²) in [5.41, 5.74) is 2.06. The number of ketones is 1. The quantitative estimate of drug-likeness (QED) is 0.620. The highest BCUT2D eigenvalue weighted by Crippen LogP contribution is 2.39. The topological polar surface area (TPSA) is 80.7 Å². The molecule has 1 fully saturated rings. The van der Waals surface area contributed by atoms with Crippen molar-refractivity contribution in [1.82, 2.24) is 4.98 Å². The number of phenols is 1. The maximum absolute atomic E-state index is 13.1. The van der Waals surface area contributed by atoms with Crippen molar-refractivity contribution in [2.24, 2.45) is 0 Å². The van der Waals surface area contributed by atoms with E-state index >= 15 is 0 Å². The van der Waals surface area contributed by atoms with Crippen molar-refractivity contribution >= 4 is 23.2 Å². The number of pyridine rings is 1. The molecule has 2 heterocycles. The number of hydrogen-bond donors (Lipinski definition) is 2. The zero-order chi connectivity index (χ0) is 20.4. The SMILES string of the molecule is CNc1ncc(C2(c3ccc(Cl)cc3)OCCO2)cc1C(=O)c1cccc(O)c1. The van der Waals surface area contributed by atoms with E-state index in [0.717, 1.165) is 5.56 Å². The Morgan fingerprint density at radius 1 is 1.10 bits per heavy atom. The van der Waals surface area contributed by atoms with Crippen LogP contribution in [0, 0.1) is 0 Å². The van der Waals surface area contributed by atoms with Gasteiger partial charge in [-0.3, -0.25) is 4.79 Å². The van der Waals surface area contributed by atoms with Gasteiger partial charge in [0, 0.05) is 35.0 Å². The highest BCUT2D eigenvalue weighted by molar-refractivity contribution is 6.30. The summed E-state index contributed by atoms with van der Waals surface area (Å²) < 4.78 is 12.0. The number of phenolic OH excluding ortho intramolecular Hbond substituents is 1. The van der Waals surface area contributed by atoms with E-state index in [0.29, 0.717) is 40.7 Å². The first-order valence-corrected chi connectivity index (χ1v) is 9.47. The molecule has 0 unspecified atom stereocenters. The van der Waals surface area contributed by atoms with Crippen LogP contribution in [-0.4, -0.2) is 36.1 Å². The summed E-state index contributed by atoms with van der Waals surface area (Å²) in [6.07, 6.45) is 1.63. The van der Waals surface area contributed by atoms with Crippen LogP contribution in [0.1, 0.15) is 27.0 Å². The maximum Gasteiger partial charge on any atom is 0.224 e. The molecule has 0 radical (unpaired) electrons. The van der Waals surface area contributed by atoms with Gasteiger partial charge in [0.1, 0.15) is 11.6 Å². The Morgan fingerprint density at radius 2 is 1.83 bits per heavy atom. The molecule has 148 valence electrons. The fraction of sp³-hybridized carbons (Fsp3) is 0.182. The van der Waals surface area contributed by atoms with Crippen LogP contribution in [0.4, 0.5) is 5.82 Å². The van der Waals surface area contributed by atoms with Gasteiger partial charge in [-0.1, -0.05) is 35.9 Å². The lowest BCUT2D eigenvalue weighted by Crippen LogP contribution is -2.29. The second-order valence-corrected chi connectivity index (χ2v) is 7.01. The number of carbonyl (C=O) groups excluding carboxylic acids is 1. The van der Waals surface area contributed by atoms with Crippen molar-refractivity contribution in [2.45, 2.75) is 5.79 Å². The van der Waals surface area contributed by atoms with E-state index in [9.17, 15) is 9.90 Å². The molecule has 3 aromatic rings. The number of ether oxygens (including phenoxy) is 2. The lowest BCUT2D eigenvalue weighted by Gasteiger charge is -2.28. The van der Waals surface area contributed by atoms with Crippen molar-refractivity contribution in [3.63, 3.8) is 0 Å². The number of nitrogens with zero attached hydrogens (tertiary/aromatic N) is 1. The minimum Gasteiger partial charge on any atom is -0.508 e. The fourth-order valence-corrected chi connectivity index (χ4v) is 3.53. The lowest BCUT2D eigenvalue weighted by atomic mass is 9.95. The average molecular weight is 411 g/mol. The minimum absolute atomic E-state index is 0.0195. The van der Waals surface area contributed by atoms with Gasteiger partial charge in [-0.15, -0.1) is 0 Å². The van der Waals surface area contributed by atoms with Crippen LogP contribution < -0.4 is 5.32 Å². The van der Waals surface area contributed by atoms with E-state index < -0.39 is 5.79 Å². The molecule has 0 aliphatic carbocycles. The molecule has 2 N–H and O–H groups in total. The van der Waals surface area contributed by atoms with E-state index in [4.69, 9.17) is 21.1 Å². The first kappa shape index (κ1) is 19.4. The highest BCUT2D eigenvalue weighted by atomic mass is 35.5. The van der Waals surface area contributed by atoms with Crippen LogP contribution in [0.15, 0.2) is 60.8 Å². The van der Waals surface area contributed by atoms with E-state index in [1.165, 1.54) is 12.1 Å². The first-order chi connectivity index (χ1) is 14.0. The number of hydrogen-bond acceptors (Lipinski definition) is 6. The summed E-state index contributed by atoms with van der Waals surface area (Å²) in [4.78, 5) is 17.6. The summed E-state index contributed by atoms with van der Waals surface area (Å²) in [6.45, 7) is 0.818. The Labute approximate surface area is 173 Å².